The number of carbonyl (C=O) groups is 2. The molecule has 0 aliphatic carbocycles. The van der Waals surface area contributed by atoms with Crippen molar-refractivity contribution in [1.29, 1.82) is 0 Å². The van der Waals surface area contributed by atoms with E-state index in [1.807, 2.05) is 0 Å². The average Bonchev–Trinajstić information content (AvgIpc) is 3.34. The first-order chi connectivity index (χ1) is 34.0. The Morgan fingerprint density at radius 2 is 0.696 bits per heavy atom. The number of hydrogen-bond acceptors (Lipinski definition) is 5. The molecule has 0 aliphatic heterocycles. The van der Waals surface area contributed by atoms with E-state index < -0.39 is 18.2 Å². The van der Waals surface area contributed by atoms with E-state index in [-0.39, 0.29) is 24.9 Å². The van der Waals surface area contributed by atoms with Gasteiger partial charge in [0.15, 0.2) is 0 Å². The maximum absolute atomic E-state index is 13.3. The highest BCUT2D eigenvalue weighted by Crippen LogP contribution is 2.19. The van der Waals surface area contributed by atoms with E-state index in [9.17, 15) is 19.8 Å². The fourth-order valence-corrected chi connectivity index (χ4v) is 10.1. The molecular weight excluding hydrogens is 851 g/mol. The molecule has 0 radical (unpaired) electrons. The normalized spacial score (nSPS) is 13.1. The molecule has 3 atom stereocenters. The molecule has 1 amide bonds. The van der Waals surface area contributed by atoms with Crippen molar-refractivity contribution in [3.63, 3.8) is 0 Å². The largest absolute Gasteiger partial charge is 0.462 e. The Bertz CT molecular complexity index is 1050. The Morgan fingerprint density at radius 1 is 0.406 bits per heavy atom. The number of carbonyl (C=O) groups excluding carboxylic acids is 2. The molecule has 0 rings (SSSR count). The molecule has 0 bridgehead atoms. The Kier molecular flexibility index (Phi) is 56.3. The molecule has 3 N–H and O–H groups in total. The van der Waals surface area contributed by atoms with E-state index in [0.717, 1.165) is 51.4 Å². The monoisotopic (exact) mass is 974 g/mol. The third-order valence-corrected chi connectivity index (χ3v) is 14.8. The first-order valence-corrected chi connectivity index (χ1v) is 31.4. The Labute approximate surface area is 431 Å². The molecule has 0 aliphatic rings. The van der Waals surface area contributed by atoms with Crippen LogP contribution in [-0.2, 0) is 14.3 Å². The van der Waals surface area contributed by atoms with Crippen molar-refractivity contribution in [2.24, 2.45) is 0 Å². The lowest BCUT2D eigenvalue weighted by atomic mass is 10.0. The van der Waals surface area contributed by atoms with Crippen LogP contribution in [0.1, 0.15) is 355 Å². The average molecular weight is 975 g/mol. The fourth-order valence-electron chi connectivity index (χ4n) is 10.1. The number of aliphatic hydroxyl groups is 2. The molecule has 0 saturated heterocycles. The fraction of sp³-hybridized carbons (Fsp3) is 0.937. The first-order valence-electron chi connectivity index (χ1n) is 31.4. The van der Waals surface area contributed by atoms with E-state index in [0.29, 0.717) is 19.3 Å². The maximum atomic E-state index is 13.3. The molecule has 6 heteroatoms. The number of unbranched alkanes of at least 4 members (excludes halogenated alkanes) is 44. The second kappa shape index (κ2) is 57.5. The molecule has 0 aromatic carbocycles. The molecule has 0 fully saturated rings. The van der Waals surface area contributed by atoms with E-state index in [4.69, 9.17) is 4.74 Å². The lowest BCUT2D eigenvalue weighted by Crippen LogP contribution is -2.46. The highest BCUT2D eigenvalue weighted by atomic mass is 16.5. The molecule has 3 unspecified atom stereocenters. The molecule has 0 aromatic heterocycles. The van der Waals surface area contributed by atoms with Gasteiger partial charge in [-0.3, -0.25) is 9.59 Å². The number of amides is 1. The van der Waals surface area contributed by atoms with Crippen molar-refractivity contribution in [2.45, 2.75) is 373 Å². The lowest BCUT2D eigenvalue weighted by Gasteiger charge is -2.24. The summed E-state index contributed by atoms with van der Waals surface area (Å²) >= 11 is 0. The number of aliphatic hydroxyl groups excluding tert-OH is 2. The number of esters is 1. The van der Waals surface area contributed by atoms with Gasteiger partial charge < -0.3 is 20.3 Å². The number of allylic oxidation sites excluding steroid dienone is 2. The summed E-state index contributed by atoms with van der Waals surface area (Å²) in [6.45, 7) is 6.55. The van der Waals surface area contributed by atoms with Crippen molar-refractivity contribution in [3.05, 3.63) is 12.2 Å². The van der Waals surface area contributed by atoms with Gasteiger partial charge in [-0.1, -0.05) is 303 Å². The minimum absolute atomic E-state index is 0.0827. The van der Waals surface area contributed by atoms with Crippen LogP contribution >= 0.6 is 0 Å². The van der Waals surface area contributed by atoms with Crippen molar-refractivity contribution in [1.82, 2.24) is 5.32 Å². The summed E-state index contributed by atoms with van der Waals surface area (Å²) in [7, 11) is 0. The Balaban J connectivity index is 4.49. The summed E-state index contributed by atoms with van der Waals surface area (Å²) in [5, 5.41) is 24.0. The minimum Gasteiger partial charge on any atom is -0.462 e. The van der Waals surface area contributed by atoms with Gasteiger partial charge >= 0.3 is 5.97 Å². The van der Waals surface area contributed by atoms with Crippen LogP contribution in [0.3, 0.4) is 0 Å². The lowest BCUT2D eigenvalue weighted by molar-refractivity contribution is -0.151. The topological polar surface area (TPSA) is 95.9 Å². The first kappa shape index (κ1) is 67.6. The highest BCUT2D eigenvalue weighted by Gasteiger charge is 2.24. The van der Waals surface area contributed by atoms with Gasteiger partial charge in [0.2, 0.25) is 5.91 Å². The molecule has 0 spiro atoms. The number of hydrogen-bond donors (Lipinski definition) is 3. The van der Waals surface area contributed by atoms with Gasteiger partial charge in [-0.25, -0.2) is 0 Å². The van der Waals surface area contributed by atoms with Crippen LogP contribution in [-0.4, -0.2) is 46.9 Å². The smallest absolute Gasteiger partial charge is 0.306 e. The number of ether oxygens (including phenoxy) is 1. The zero-order chi connectivity index (χ0) is 50.2. The summed E-state index contributed by atoms with van der Waals surface area (Å²) in [4.78, 5) is 26.4. The SMILES string of the molecule is CCCCCCCCCCC/C=C/CCCCCCCC(=O)OC(CCCCCCCCCCCCCCCCCC)CC(=O)NC(CO)C(O)CCCCCCCCCCCCCCCCCC. The van der Waals surface area contributed by atoms with Crippen LogP contribution in [0.15, 0.2) is 12.2 Å². The van der Waals surface area contributed by atoms with Gasteiger partial charge in [0, 0.05) is 6.42 Å². The molecule has 0 saturated carbocycles. The van der Waals surface area contributed by atoms with Crippen LogP contribution in [0, 0.1) is 0 Å². The molecule has 410 valence electrons. The van der Waals surface area contributed by atoms with E-state index in [1.165, 1.54) is 257 Å². The molecule has 69 heavy (non-hydrogen) atoms. The van der Waals surface area contributed by atoms with Crippen molar-refractivity contribution in [2.75, 3.05) is 6.61 Å². The maximum Gasteiger partial charge on any atom is 0.306 e. The minimum atomic E-state index is -0.785. The second-order valence-electron chi connectivity index (χ2n) is 21.8. The van der Waals surface area contributed by atoms with Gasteiger partial charge in [0.1, 0.15) is 6.10 Å². The van der Waals surface area contributed by atoms with Crippen molar-refractivity contribution < 1.29 is 24.5 Å². The Morgan fingerprint density at radius 3 is 1.03 bits per heavy atom. The van der Waals surface area contributed by atoms with E-state index in [1.54, 1.807) is 0 Å². The Hall–Kier alpha value is -1.40. The van der Waals surface area contributed by atoms with Crippen LogP contribution in [0.25, 0.3) is 0 Å². The van der Waals surface area contributed by atoms with Crippen LogP contribution in [0.4, 0.5) is 0 Å². The van der Waals surface area contributed by atoms with Crippen molar-refractivity contribution >= 4 is 11.9 Å². The van der Waals surface area contributed by atoms with E-state index >= 15 is 0 Å². The standard InChI is InChI=1S/C63H123NO5/c1-4-7-10-13-16-19-22-25-28-31-32-35-38-41-44-47-50-53-56-63(68)69-59(54-51-48-45-42-39-36-33-29-26-23-20-17-14-11-8-5-2)57-62(67)64-60(58-65)61(66)55-52-49-46-43-40-37-34-30-27-24-21-18-15-12-9-6-3/h32,35,59-61,65-66H,4-31,33-34,36-58H2,1-3H3,(H,64,67)/b35-32+. The van der Waals surface area contributed by atoms with Crippen molar-refractivity contribution in [3.8, 4) is 0 Å². The van der Waals surface area contributed by atoms with E-state index in [2.05, 4.69) is 38.2 Å². The second-order valence-corrected chi connectivity index (χ2v) is 21.8. The summed E-state index contributed by atoms with van der Waals surface area (Å²) in [5.41, 5.74) is 0. The van der Waals surface area contributed by atoms with Crippen LogP contribution in [0.2, 0.25) is 0 Å². The van der Waals surface area contributed by atoms with Gasteiger partial charge in [-0.05, 0) is 51.4 Å². The molecule has 0 heterocycles. The highest BCUT2D eigenvalue weighted by molar-refractivity contribution is 5.77. The third-order valence-electron chi connectivity index (χ3n) is 14.8. The molecular formula is C63H123NO5. The number of rotatable bonds is 58. The summed E-state index contributed by atoms with van der Waals surface area (Å²) in [5.74, 6) is -0.456. The van der Waals surface area contributed by atoms with Gasteiger partial charge in [-0.15, -0.1) is 0 Å². The molecule has 0 aromatic rings. The zero-order valence-electron chi connectivity index (χ0n) is 47.0. The third kappa shape index (κ3) is 52.7. The van der Waals surface area contributed by atoms with Crippen LogP contribution < -0.4 is 5.32 Å². The number of nitrogens with one attached hydrogen (secondary N) is 1. The summed E-state index contributed by atoms with van der Waals surface area (Å²) in [6, 6.07) is -0.698. The summed E-state index contributed by atoms with van der Waals surface area (Å²) < 4.78 is 5.98. The predicted molar refractivity (Wildman–Crippen MR) is 301 cm³/mol. The van der Waals surface area contributed by atoms with Gasteiger partial charge in [-0.2, -0.15) is 0 Å². The zero-order valence-corrected chi connectivity index (χ0v) is 47.0. The quantitative estimate of drug-likeness (QED) is 0.0321. The molecule has 6 nitrogen and oxygen atoms in total. The predicted octanol–water partition coefficient (Wildman–Crippen LogP) is 19.6. The van der Waals surface area contributed by atoms with Gasteiger partial charge in [0.25, 0.3) is 0 Å². The van der Waals surface area contributed by atoms with Crippen LogP contribution in [0.5, 0.6) is 0 Å². The summed E-state index contributed by atoms with van der Waals surface area (Å²) in [6.07, 6.45) is 67.1. The van der Waals surface area contributed by atoms with Gasteiger partial charge in [0.05, 0.1) is 25.2 Å².